The SMILES string of the molecule is OC[C@@H]1O[C@@H](OC[C@@H]2O[C@@H](OCCc3ccccc3)[C@@H](O)[C@@H](O)[C@@H]2O)[C@@H](O)[C@@H](O)[C@@H]1O. The molecular formula is C20H30O11. The summed E-state index contributed by atoms with van der Waals surface area (Å²) in [5.74, 6) is 0. The minimum atomic E-state index is -1.62. The van der Waals surface area contributed by atoms with Gasteiger partial charge >= 0.3 is 0 Å². The molecule has 2 fully saturated rings. The molecule has 7 N–H and O–H groups in total. The molecule has 2 aliphatic heterocycles. The van der Waals surface area contributed by atoms with E-state index >= 15 is 0 Å². The number of hydrogen-bond donors (Lipinski definition) is 7. The van der Waals surface area contributed by atoms with Gasteiger partial charge in [-0.2, -0.15) is 0 Å². The van der Waals surface area contributed by atoms with E-state index in [4.69, 9.17) is 18.9 Å². The highest BCUT2D eigenvalue weighted by Gasteiger charge is 2.47. The van der Waals surface area contributed by atoms with Crippen LogP contribution in [0, 0.1) is 0 Å². The van der Waals surface area contributed by atoms with Crippen LogP contribution < -0.4 is 0 Å². The van der Waals surface area contributed by atoms with Gasteiger partial charge in [0.1, 0.15) is 48.8 Å². The number of hydrogen-bond acceptors (Lipinski definition) is 11. The maximum absolute atomic E-state index is 10.2. The Labute approximate surface area is 179 Å². The van der Waals surface area contributed by atoms with Crippen LogP contribution in [0.2, 0.25) is 0 Å². The molecule has 0 aliphatic carbocycles. The van der Waals surface area contributed by atoms with Crippen molar-refractivity contribution in [1.29, 1.82) is 0 Å². The van der Waals surface area contributed by atoms with Crippen molar-refractivity contribution in [2.24, 2.45) is 0 Å². The fourth-order valence-corrected chi connectivity index (χ4v) is 3.52. The molecule has 10 atom stereocenters. The maximum Gasteiger partial charge on any atom is 0.186 e. The molecule has 31 heavy (non-hydrogen) atoms. The van der Waals surface area contributed by atoms with Crippen molar-refractivity contribution >= 4 is 0 Å². The topological polar surface area (TPSA) is 179 Å². The Balaban J connectivity index is 1.54. The lowest BCUT2D eigenvalue weighted by Crippen LogP contribution is -2.61. The highest BCUT2D eigenvalue weighted by Crippen LogP contribution is 2.26. The Morgan fingerprint density at radius 1 is 0.677 bits per heavy atom. The van der Waals surface area contributed by atoms with Crippen LogP contribution in [0.25, 0.3) is 0 Å². The van der Waals surface area contributed by atoms with Crippen LogP contribution in [-0.4, -0.2) is 117 Å². The first-order chi connectivity index (χ1) is 14.8. The lowest BCUT2D eigenvalue weighted by molar-refractivity contribution is -0.331. The Morgan fingerprint density at radius 3 is 1.84 bits per heavy atom. The number of aliphatic hydroxyl groups is 7. The fourth-order valence-electron chi connectivity index (χ4n) is 3.52. The molecule has 1 aromatic carbocycles. The predicted octanol–water partition coefficient (Wildman–Crippen LogP) is -3.13. The third-order valence-corrected chi connectivity index (χ3v) is 5.46. The molecule has 11 nitrogen and oxygen atoms in total. The van der Waals surface area contributed by atoms with E-state index in [2.05, 4.69) is 0 Å². The number of ether oxygens (including phenoxy) is 4. The monoisotopic (exact) mass is 446 g/mol. The van der Waals surface area contributed by atoms with Crippen LogP contribution in [-0.2, 0) is 25.4 Å². The third-order valence-electron chi connectivity index (χ3n) is 5.46. The smallest absolute Gasteiger partial charge is 0.186 e. The highest BCUT2D eigenvalue weighted by atomic mass is 16.7. The normalized spacial score (nSPS) is 41.3. The number of rotatable bonds is 8. The zero-order chi connectivity index (χ0) is 22.5. The average Bonchev–Trinajstić information content (AvgIpc) is 2.78. The molecule has 0 bridgehead atoms. The molecule has 3 rings (SSSR count). The highest BCUT2D eigenvalue weighted by molar-refractivity contribution is 5.14. The van der Waals surface area contributed by atoms with Crippen LogP contribution in [0.1, 0.15) is 5.56 Å². The Morgan fingerprint density at radius 2 is 1.23 bits per heavy atom. The summed E-state index contributed by atoms with van der Waals surface area (Å²) in [5, 5.41) is 69.4. The van der Waals surface area contributed by atoms with E-state index in [-0.39, 0.29) is 6.61 Å². The Kier molecular flexibility index (Phi) is 8.73. The zero-order valence-corrected chi connectivity index (χ0v) is 16.8. The van der Waals surface area contributed by atoms with Gasteiger partial charge in [-0.05, 0) is 12.0 Å². The molecule has 2 aliphatic rings. The van der Waals surface area contributed by atoms with E-state index in [1.165, 1.54) is 0 Å². The molecule has 11 heteroatoms. The van der Waals surface area contributed by atoms with Gasteiger partial charge in [-0.25, -0.2) is 0 Å². The van der Waals surface area contributed by atoms with Crippen molar-refractivity contribution in [3.8, 4) is 0 Å². The van der Waals surface area contributed by atoms with Crippen LogP contribution in [0.5, 0.6) is 0 Å². The van der Waals surface area contributed by atoms with Gasteiger partial charge in [0.2, 0.25) is 0 Å². The van der Waals surface area contributed by atoms with E-state index in [9.17, 15) is 35.7 Å². The molecule has 0 spiro atoms. The first kappa shape index (κ1) is 24.4. The fraction of sp³-hybridized carbons (Fsp3) is 0.700. The molecule has 1 aromatic rings. The van der Waals surface area contributed by atoms with Crippen LogP contribution >= 0.6 is 0 Å². The summed E-state index contributed by atoms with van der Waals surface area (Å²) in [5.41, 5.74) is 1.01. The van der Waals surface area contributed by atoms with Gasteiger partial charge in [0.05, 0.1) is 19.8 Å². The minimum absolute atomic E-state index is 0.189. The van der Waals surface area contributed by atoms with Crippen molar-refractivity contribution in [3.63, 3.8) is 0 Å². The van der Waals surface area contributed by atoms with E-state index < -0.39 is 74.6 Å². The van der Waals surface area contributed by atoms with Gasteiger partial charge in [0.25, 0.3) is 0 Å². The second kappa shape index (κ2) is 11.1. The lowest BCUT2D eigenvalue weighted by atomic mass is 9.98. The average molecular weight is 446 g/mol. The summed E-state index contributed by atoms with van der Waals surface area (Å²) in [6, 6.07) is 9.48. The van der Waals surface area contributed by atoms with E-state index in [0.29, 0.717) is 6.42 Å². The molecule has 0 saturated carbocycles. The molecule has 0 amide bonds. The van der Waals surface area contributed by atoms with Gasteiger partial charge in [-0.3, -0.25) is 0 Å². The quantitative estimate of drug-likeness (QED) is 0.215. The largest absolute Gasteiger partial charge is 0.394 e. The number of benzene rings is 1. The standard InChI is InChI=1S/C20H30O11/c21-8-11-13(22)15(24)18(27)20(30-11)29-9-12-14(23)16(25)17(26)19(31-12)28-7-6-10-4-2-1-3-5-10/h1-5,11-27H,6-9H2/t11-,12-,13+,14+,15-,16-,17-,18-,19+,20+/m0/s1. The van der Waals surface area contributed by atoms with Crippen molar-refractivity contribution < 1.29 is 54.7 Å². The van der Waals surface area contributed by atoms with Gasteiger partial charge in [0.15, 0.2) is 12.6 Å². The maximum atomic E-state index is 10.2. The summed E-state index contributed by atoms with van der Waals surface area (Å²) in [6.45, 7) is -0.823. The third kappa shape index (κ3) is 5.78. The van der Waals surface area contributed by atoms with Crippen molar-refractivity contribution in [3.05, 3.63) is 35.9 Å². The van der Waals surface area contributed by atoms with E-state index in [0.717, 1.165) is 5.56 Å². The molecule has 0 radical (unpaired) electrons. The van der Waals surface area contributed by atoms with Gasteiger partial charge in [-0.1, -0.05) is 30.3 Å². The molecule has 176 valence electrons. The van der Waals surface area contributed by atoms with Crippen molar-refractivity contribution in [1.82, 2.24) is 0 Å². The molecule has 0 aromatic heterocycles. The molecular weight excluding hydrogens is 416 g/mol. The van der Waals surface area contributed by atoms with Gasteiger partial charge in [-0.15, -0.1) is 0 Å². The summed E-state index contributed by atoms with van der Waals surface area (Å²) in [6.07, 6.45) is -13.8. The predicted molar refractivity (Wildman–Crippen MR) is 102 cm³/mol. The van der Waals surface area contributed by atoms with Crippen LogP contribution in [0.3, 0.4) is 0 Å². The molecule has 0 unspecified atom stereocenters. The van der Waals surface area contributed by atoms with Crippen LogP contribution in [0.4, 0.5) is 0 Å². The zero-order valence-electron chi connectivity index (χ0n) is 16.8. The summed E-state index contributed by atoms with van der Waals surface area (Å²) in [4.78, 5) is 0. The molecule has 2 saturated heterocycles. The number of aliphatic hydroxyl groups excluding tert-OH is 7. The van der Waals surface area contributed by atoms with E-state index in [1.807, 2.05) is 30.3 Å². The Hall–Kier alpha value is -1.22. The second-order valence-electron chi connectivity index (χ2n) is 7.65. The first-order valence-corrected chi connectivity index (χ1v) is 10.1. The van der Waals surface area contributed by atoms with Gasteiger partial charge < -0.3 is 54.7 Å². The van der Waals surface area contributed by atoms with Crippen molar-refractivity contribution in [2.75, 3.05) is 19.8 Å². The molecule has 2 heterocycles. The summed E-state index contributed by atoms with van der Waals surface area (Å²) in [7, 11) is 0. The van der Waals surface area contributed by atoms with Gasteiger partial charge in [0, 0.05) is 0 Å². The summed E-state index contributed by atoms with van der Waals surface area (Å²) >= 11 is 0. The lowest BCUT2D eigenvalue weighted by Gasteiger charge is -2.42. The van der Waals surface area contributed by atoms with Crippen molar-refractivity contribution in [2.45, 2.75) is 67.8 Å². The van der Waals surface area contributed by atoms with Crippen LogP contribution in [0.15, 0.2) is 30.3 Å². The first-order valence-electron chi connectivity index (χ1n) is 10.1. The minimum Gasteiger partial charge on any atom is -0.394 e. The Bertz CT molecular complexity index is 660. The second-order valence-corrected chi connectivity index (χ2v) is 7.65. The van der Waals surface area contributed by atoms with E-state index in [1.54, 1.807) is 0 Å². The summed E-state index contributed by atoms with van der Waals surface area (Å²) < 4.78 is 21.7.